The summed E-state index contributed by atoms with van der Waals surface area (Å²) in [6, 6.07) is 6.00. The van der Waals surface area contributed by atoms with Gasteiger partial charge in [-0.25, -0.2) is 9.97 Å². The molecule has 0 fully saturated rings. The molecule has 0 aliphatic heterocycles. The van der Waals surface area contributed by atoms with E-state index in [9.17, 15) is 0 Å². The van der Waals surface area contributed by atoms with Gasteiger partial charge in [-0.1, -0.05) is 6.92 Å². The van der Waals surface area contributed by atoms with E-state index in [0.717, 1.165) is 34.0 Å². The third kappa shape index (κ3) is 2.94. The Kier molecular flexibility index (Phi) is 4.62. The van der Waals surface area contributed by atoms with E-state index in [2.05, 4.69) is 28.3 Å². The van der Waals surface area contributed by atoms with Gasteiger partial charge in [-0.05, 0) is 31.5 Å². The average molecular weight is 309 g/mol. The summed E-state index contributed by atoms with van der Waals surface area (Å²) in [5.74, 6) is 2.57. The van der Waals surface area contributed by atoms with Gasteiger partial charge in [0.2, 0.25) is 0 Å². The van der Waals surface area contributed by atoms with Crippen LogP contribution in [0.25, 0.3) is 10.2 Å². The minimum Gasteiger partial charge on any atom is -1.00 e. The van der Waals surface area contributed by atoms with Crippen LogP contribution in [0.2, 0.25) is 0 Å². The summed E-state index contributed by atoms with van der Waals surface area (Å²) >= 11 is 1.73. The highest BCUT2D eigenvalue weighted by molar-refractivity contribution is 7.18. The summed E-state index contributed by atoms with van der Waals surface area (Å²) in [7, 11) is 0. The van der Waals surface area contributed by atoms with Crippen LogP contribution in [0.1, 0.15) is 23.4 Å². The number of aryl methyl sites for hydroxylation is 2. The maximum absolute atomic E-state index is 5.32. The smallest absolute Gasteiger partial charge is 0.138 e. The second-order valence-electron chi connectivity index (χ2n) is 4.34. The van der Waals surface area contributed by atoms with E-state index in [1.54, 1.807) is 17.6 Å². The summed E-state index contributed by atoms with van der Waals surface area (Å²) in [4.78, 5) is 11.4. The van der Waals surface area contributed by atoms with Crippen LogP contribution in [0.15, 0.2) is 28.9 Å². The van der Waals surface area contributed by atoms with Gasteiger partial charge in [-0.15, -0.1) is 11.3 Å². The highest BCUT2D eigenvalue weighted by Gasteiger charge is 2.10. The van der Waals surface area contributed by atoms with Crippen molar-refractivity contribution in [2.45, 2.75) is 26.8 Å². The Balaban J connectivity index is 0.00000147. The molecular formula is C14H15ClN3OS-. The quantitative estimate of drug-likeness (QED) is 0.773. The number of aromatic nitrogens is 2. The third-order valence-corrected chi connectivity index (χ3v) is 4.09. The lowest BCUT2D eigenvalue weighted by atomic mass is 10.3. The van der Waals surface area contributed by atoms with Crippen molar-refractivity contribution in [3.05, 3.63) is 40.9 Å². The van der Waals surface area contributed by atoms with Gasteiger partial charge >= 0.3 is 0 Å². The SMILES string of the molecule is CCc1cc2c(NCc3ccco3)nc(C)nc2s1.[Cl-]. The molecule has 106 valence electrons. The largest absolute Gasteiger partial charge is 1.00 e. The van der Waals surface area contributed by atoms with E-state index in [4.69, 9.17) is 4.42 Å². The van der Waals surface area contributed by atoms with Crippen LogP contribution in [0, 0.1) is 6.92 Å². The normalized spacial score (nSPS) is 10.5. The number of rotatable bonds is 4. The molecule has 3 aromatic heterocycles. The fourth-order valence-corrected chi connectivity index (χ4v) is 2.98. The topological polar surface area (TPSA) is 51.0 Å². The molecule has 1 N–H and O–H groups in total. The molecule has 0 unspecified atom stereocenters. The molecule has 0 radical (unpaired) electrons. The van der Waals surface area contributed by atoms with Crippen LogP contribution in [-0.4, -0.2) is 9.97 Å². The Labute approximate surface area is 127 Å². The van der Waals surface area contributed by atoms with Gasteiger partial charge in [0.15, 0.2) is 0 Å². The molecule has 0 amide bonds. The first-order valence-electron chi connectivity index (χ1n) is 6.29. The van der Waals surface area contributed by atoms with Crippen molar-refractivity contribution >= 4 is 27.4 Å². The standard InChI is InChI=1S/C14H15N3OS.ClH/c1-3-11-7-12-13(15-8-10-5-4-6-18-10)16-9(2)17-14(12)19-11;/h4-7H,3,8H2,1-2H3,(H,15,16,17);1H/p-1. The van der Waals surface area contributed by atoms with Crippen LogP contribution in [-0.2, 0) is 13.0 Å². The molecule has 6 heteroatoms. The Hall–Kier alpha value is -1.59. The molecule has 0 aliphatic rings. The molecule has 3 aromatic rings. The molecule has 0 atom stereocenters. The van der Waals surface area contributed by atoms with Crippen molar-refractivity contribution in [2.24, 2.45) is 0 Å². The van der Waals surface area contributed by atoms with Crippen molar-refractivity contribution < 1.29 is 16.8 Å². The third-order valence-electron chi connectivity index (χ3n) is 2.91. The molecule has 0 aromatic carbocycles. The van der Waals surface area contributed by atoms with Gasteiger partial charge in [-0.3, -0.25) is 0 Å². The molecular weight excluding hydrogens is 294 g/mol. The predicted octanol–water partition coefficient (Wildman–Crippen LogP) is 0.771. The van der Waals surface area contributed by atoms with Crippen molar-refractivity contribution in [3.63, 3.8) is 0 Å². The molecule has 20 heavy (non-hydrogen) atoms. The number of hydrogen-bond acceptors (Lipinski definition) is 5. The minimum absolute atomic E-state index is 0. The van der Waals surface area contributed by atoms with Gasteiger partial charge in [-0.2, -0.15) is 0 Å². The van der Waals surface area contributed by atoms with Crippen LogP contribution >= 0.6 is 11.3 Å². The van der Waals surface area contributed by atoms with E-state index in [-0.39, 0.29) is 12.4 Å². The summed E-state index contributed by atoms with van der Waals surface area (Å²) in [6.45, 7) is 4.71. The van der Waals surface area contributed by atoms with Crippen molar-refractivity contribution in [2.75, 3.05) is 5.32 Å². The van der Waals surface area contributed by atoms with Gasteiger partial charge < -0.3 is 22.1 Å². The Morgan fingerprint density at radius 2 is 2.20 bits per heavy atom. The maximum atomic E-state index is 5.32. The van der Waals surface area contributed by atoms with Crippen LogP contribution < -0.4 is 17.7 Å². The lowest BCUT2D eigenvalue weighted by Crippen LogP contribution is -3.00. The fraction of sp³-hybridized carbons (Fsp3) is 0.286. The number of hydrogen-bond donors (Lipinski definition) is 1. The van der Waals surface area contributed by atoms with Crippen LogP contribution in [0.4, 0.5) is 5.82 Å². The zero-order valence-electron chi connectivity index (χ0n) is 11.3. The van der Waals surface area contributed by atoms with E-state index >= 15 is 0 Å². The number of furan rings is 1. The zero-order chi connectivity index (χ0) is 13.2. The maximum Gasteiger partial charge on any atom is 0.138 e. The highest BCUT2D eigenvalue weighted by atomic mass is 35.5. The fourth-order valence-electron chi connectivity index (χ4n) is 1.97. The lowest BCUT2D eigenvalue weighted by Gasteiger charge is -2.05. The summed E-state index contributed by atoms with van der Waals surface area (Å²) in [5, 5.41) is 4.43. The number of thiophene rings is 1. The first kappa shape index (κ1) is 14.8. The van der Waals surface area contributed by atoms with Crippen LogP contribution in [0.3, 0.4) is 0 Å². The average Bonchev–Trinajstić information content (AvgIpc) is 3.04. The number of nitrogens with zero attached hydrogens (tertiary/aromatic N) is 2. The van der Waals surface area contributed by atoms with E-state index in [0.29, 0.717) is 6.54 Å². The summed E-state index contributed by atoms with van der Waals surface area (Å²) in [6.07, 6.45) is 2.70. The van der Waals surface area contributed by atoms with E-state index in [1.165, 1.54) is 4.88 Å². The molecule has 0 saturated carbocycles. The number of anilines is 1. The predicted molar refractivity (Wildman–Crippen MR) is 77.6 cm³/mol. The van der Waals surface area contributed by atoms with Gasteiger partial charge in [0.05, 0.1) is 18.2 Å². The first-order valence-corrected chi connectivity index (χ1v) is 7.11. The number of fused-ring (bicyclic) bond motifs is 1. The number of halogens is 1. The van der Waals surface area contributed by atoms with Crippen molar-refractivity contribution in [1.82, 2.24) is 9.97 Å². The molecule has 3 heterocycles. The zero-order valence-corrected chi connectivity index (χ0v) is 12.9. The molecule has 4 nitrogen and oxygen atoms in total. The minimum atomic E-state index is 0. The van der Waals surface area contributed by atoms with Crippen molar-refractivity contribution in [1.29, 1.82) is 0 Å². The summed E-state index contributed by atoms with van der Waals surface area (Å²) < 4.78 is 5.32. The Morgan fingerprint density at radius 1 is 1.35 bits per heavy atom. The second kappa shape index (κ2) is 6.24. The number of nitrogens with one attached hydrogen (secondary N) is 1. The van der Waals surface area contributed by atoms with E-state index in [1.807, 2.05) is 19.1 Å². The molecule has 0 saturated heterocycles. The van der Waals surface area contributed by atoms with Gasteiger partial charge in [0.25, 0.3) is 0 Å². The first-order chi connectivity index (χ1) is 9.26. The van der Waals surface area contributed by atoms with Crippen molar-refractivity contribution in [3.8, 4) is 0 Å². The van der Waals surface area contributed by atoms with Crippen LogP contribution in [0.5, 0.6) is 0 Å². The molecule has 0 spiro atoms. The summed E-state index contributed by atoms with van der Waals surface area (Å²) in [5.41, 5.74) is 0. The molecule has 0 aliphatic carbocycles. The highest BCUT2D eigenvalue weighted by Crippen LogP contribution is 2.29. The lowest BCUT2D eigenvalue weighted by molar-refractivity contribution is -0.00000455. The van der Waals surface area contributed by atoms with Gasteiger partial charge in [0.1, 0.15) is 22.2 Å². The van der Waals surface area contributed by atoms with E-state index < -0.39 is 0 Å². The monoisotopic (exact) mass is 308 g/mol. The molecule has 3 rings (SSSR count). The Bertz CT molecular complexity index is 694. The Morgan fingerprint density at radius 3 is 2.90 bits per heavy atom. The second-order valence-corrected chi connectivity index (χ2v) is 5.45. The molecule has 0 bridgehead atoms. The van der Waals surface area contributed by atoms with Gasteiger partial charge in [0, 0.05) is 4.88 Å².